The maximum atomic E-state index is 11.6. The normalized spacial score (nSPS) is 14.5. The molecule has 0 saturated carbocycles. The number of amides is 1. The van der Waals surface area contributed by atoms with Gasteiger partial charge in [-0.05, 0) is 23.3 Å². The van der Waals surface area contributed by atoms with Crippen LogP contribution >= 0.6 is 0 Å². The molecule has 25 heavy (non-hydrogen) atoms. The first-order chi connectivity index (χ1) is 12.3. The van der Waals surface area contributed by atoms with Crippen LogP contribution in [-0.2, 0) is 16.1 Å². The maximum absolute atomic E-state index is 11.6. The lowest BCUT2D eigenvalue weighted by molar-refractivity contribution is 0.122. The van der Waals surface area contributed by atoms with Crippen molar-refractivity contribution >= 4 is 18.0 Å². The summed E-state index contributed by atoms with van der Waals surface area (Å²) in [4.78, 5) is 13.9. The Labute approximate surface area is 147 Å². The lowest BCUT2D eigenvalue weighted by Crippen LogP contribution is -2.36. The van der Waals surface area contributed by atoms with E-state index in [1.165, 1.54) is 0 Å². The number of nitrogens with zero attached hydrogens (tertiary/aromatic N) is 2. The van der Waals surface area contributed by atoms with Crippen molar-refractivity contribution in [3.05, 3.63) is 65.7 Å². The highest BCUT2D eigenvalue weighted by atomic mass is 16.6. The first-order valence-corrected chi connectivity index (χ1v) is 8.24. The number of ether oxygens (including phenoxy) is 2. The molecule has 0 aliphatic carbocycles. The van der Waals surface area contributed by atoms with Crippen LogP contribution in [0, 0.1) is 0 Å². The third-order valence-electron chi connectivity index (χ3n) is 3.85. The summed E-state index contributed by atoms with van der Waals surface area (Å²) in [6.07, 6.45) is 1.01. The van der Waals surface area contributed by atoms with E-state index < -0.39 is 6.09 Å². The van der Waals surface area contributed by atoms with E-state index in [9.17, 15) is 4.79 Å². The van der Waals surface area contributed by atoms with Gasteiger partial charge in [0.1, 0.15) is 6.61 Å². The highest BCUT2D eigenvalue weighted by Crippen LogP contribution is 2.15. The Bertz CT molecular complexity index is 696. The molecule has 0 spiro atoms. The fourth-order valence-electron chi connectivity index (χ4n) is 2.51. The van der Waals surface area contributed by atoms with E-state index in [0.717, 1.165) is 43.1 Å². The largest absolute Gasteiger partial charge is 0.443 e. The first kappa shape index (κ1) is 17.0. The van der Waals surface area contributed by atoms with E-state index in [1.54, 1.807) is 6.21 Å². The van der Waals surface area contributed by atoms with Gasteiger partial charge in [0.05, 0.1) is 19.4 Å². The quantitative estimate of drug-likeness (QED) is 0.672. The molecule has 1 aliphatic rings. The van der Waals surface area contributed by atoms with Crippen LogP contribution in [0.5, 0.6) is 0 Å². The highest BCUT2D eigenvalue weighted by molar-refractivity contribution is 5.81. The van der Waals surface area contributed by atoms with Gasteiger partial charge in [0.2, 0.25) is 0 Å². The second kappa shape index (κ2) is 8.84. The van der Waals surface area contributed by atoms with Crippen LogP contribution in [-0.4, -0.2) is 38.6 Å². The lowest BCUT2D eigenvalue weighted by atomic mass is 10.2. The van der Waals surface area contributed by atoms with Gasteiger partial charge in [-0.1, -0.05) is 42.5 Å². The Morgan fingerprint density at radius 1 is 1.12 bits per heavy atom. The summed E-state index contributed by atoms with van der Waals surface area (Å²) in [5.74, 6) is 0. The number of hydrogen-bond donors (Lipinski definition) is 1. The number of hydrogen-bond acceptors (Lipinski definition) is 5. The number of benzene rings is 2. The molecule has 1 N–H and O–H groups in total. The predicted octanol–water partition coefficient (Wildman–Crippen LogP) is 2.78. The topological polar surface area (TPSA) is 63.2 Å². The number of carbonyl (C=O) groups is 1. The molecule has 2 aromatic rings. The van der Waals surface area contributed by atoms with Crippen LogP contribution < -0.4 is 10.3 Å². The van der Waals surface area contributed by atoms with Crippen molar-refractivity contribution in [3.63, 3.8) is 0 Å². The molecule has 0 atom stereocenters. The van der Waals surface area contributed by atoms with Gasteiger partial charge in [-0.2, -0.15) is 5.10 Å². The van der Waals surface area contributed by atoms with Crippen LogP contribution in [0.4, 0.5) is 10.5 Å². The van der Waals surface area contributed by atoms with Crippen molar-refractivity contribution in [2.45, 2.75) is 6.61 Å². The zero-order valence-corrected chi connectivity index (χ0v) is 13.9. The summed E-state index contributed by atoms with van der Waals surface area (Å²) in [5, 5.41) is 3.91. The second-order valence-electron chi connectivity index (χ2n) is 5.62. The average Bonchev–Trinajstić information content (AvgIpc) is 2.68. The lowest BCUT2D eigenvalue weighted by Gasteiger charge is -2.28. The Kier molecular flexibility index (Phi) is 6.01. The Balaban J connectivity index is 1.44. The minimum atomic E-state index is -0.579. The van der Waals surface area contributed by atoms with Crippen LogP contribution in [0.25, 0.3) is 0 Å². The molecular formula is C19H21N3O3. The molecule has 6 nitrogen and oxygen atoms in total. The van der Waals surface area contributed by atoms with Crippen LogP contribution in [0.2, 0.25) is 0 Å². The van der Waals surface area contributed by atoms with Gasteiger partial charge >= 0.3 is 6.09 Å². The number of carbonyl (C=O) groups excluding carboxylic acids is 1. The highest BCUT2D eigenvalue weighted by Gasteiger charge is 2.10. The Morgan fingerprint density at radius 2 is 1.84 bits per heavy atom. The maximum Gasteiger partial charge on any atom is 0.428 e. The van der Waals surface area contributed by atoms with Crippen molar-refractivity contribution in [2.75, 3.05) is 31.2 Å². The van der Waals surface area contributed by atoms with Crippen molar-refractivity contribution in [1.29, 1.82) is 0 Å². The zero-order chi connectivity index (χ0) is 17.3. The molecule has 6 heteroatoms. The van der Waals surface area contributed by atoms with E-state index in [2.05, 4.69) is 15.4 Å². The molecule has 1 heterocycles. The molecule has 0 radical (unpaired) electrons. The summed E-state index contributed by atoms with van der Waals surface area (Å²) >= 11 is 0. The van der Waals surface area contributed by atoms with Crippen molar-refractivity contribution in [3.8, 4) is 0 Å². The molecule has 1 fully saturated rings. The standard InChI is InChI=1S/C19H21N3O3/c23-19(25-15-17-4-2-1-3-5-17)21-20-14-16-6-8-18(9-7-16)22-10-12-24-13-11-22/h1-9,14H,10-13,15H2,(H,21,23)/b20-14-. The van der Waals surface area contributed by atoms with Gasteiger partial charge in [0, 0.05) is 18.8 Å². The summed E-state index contributed by atoms with van der Waals surface area (Å²) in [7, 11) is 0. The SMILES string of the molecule is O=C(N/N=C\c1ccc(N2CCOCC2)cc1)OCc1ccccc1. The summed E-state index contributed by atoms with van der Waals surface area (Å²) in [6, 6.07) is 17.5. The third-order valence-corrected chi connectivity index (χ3v) is 3.85. The average molecular weight is 339 g/mol. The smallest absolute Gasteiger partial charge is 0.428 e. The van der Waals surface area contributed by atoms with Gasteiger partial charge in [-0.25, -0.2) is 10.2 Å². The fraction of sp³-hybridized carbons (Fsp3) is 0.263. The molecule has 1 saturated heterocycles. The number of morpholine rings is 1. The van der Waals surface area contributed by atoms with Gasteiger partial charge < -0.3 is 14.4 Å². The van der Waals surface area contributed by atoms with Gasteiger partial charge in [0.15, 0.2) is 0 Å². The predicted molar refractivity (Wildman–Crippen MR) is 96.8 cm³/mol. The third kappa shape index (κ3) is 5.32. The second-order valence-corrected chi connectivity index (χ2v) is 5.62. The van der Waals surface area contributed by atoms with Crippen LogP contribution in [0.15, 0.2) is 59.7 Å². The van der Waals surface area contributed by atoms with Crippen molar-refractivity contribution in [2.24, 2.45) is 5.10 Å². The van der Waals surface area contributed by atoms with Crippen LogP contribution in [0.1, 0.15) is 11.1 Å². The van der Waals surface area contributed by atoms with E-state index in [0.29, 0.717) is 0 Å². The molecule has 0 unspecified atom stereocenters. The van der Waals surface area contributed by atoms with Crippen molar-refractivity contribution in [1.82, 2.24) is 5.43 Å². The van der Waals surface area contributed by atoms with Crippen molar-refractivity contribution < 1.29 is 14.3 Å². The Morgan fingerprint density at radius 3 is 2.56 bits per heavy atom. The van der Waals surface area contributed by atoms with Gasteiger partial charge in [-0.3, -0.25) is 0 Å². The first-order valence-electron chi connectivity index (χ1n) is 8.24. The molecule has 130 valence electrons. The monoisotopic (exact) mass is 339 g/mol. The van der Waals surface area contributed by atoms with E-state index in [-0.39, 0.29) is 6.61 Å². The molecule has 1 aliphatic heterocycles. The minimum absolute atomic E-state index is 0.219. The summed E-state index contributed by atoms with van der Waals surface area (Å²) < 4.78 is 10.4. The molecule has 3 rings (SSSR count). The molecule has 1 amide bonds. The van der Waals surface area contributed by atoms with Gasteiger partial charge in [-0.15, -0.1) is 0 Å². The zero-order valence-electron chi connectivity index (χ0n) is 13.9. The number of rotatable bonds is 5. The Hall–Kier alpha value is -2.86. The van der Waals surface area contributed by atoms with Crippen LogP contribution in [0.3, 0.4) is 0 Å². The number of nitrogens with one attached hydrogen (secondary N) is 1. The number of hydrazone groups is 1. The van der Waals surface area contributed by atoms with E-state index >= 15 is 0 Å². The van der Waals surface area contributed by atoms with Gasteiger partial charge in [0.25, 0.3) is 0 Å². The minimum Gasteiger partial charge on any atom is -0.443 e. The molecule has 0 bridgehead atoms. The van der Waals surface area contributed by atoms with E-state index in [4.69, 9.17) is 9.47 Å². The summed E-state index contributed by atoms with van der Waals surface area (Å²) in [5.41, 5.74) is 5.36. The summed E-state index contributed by atoms with van der Waals surface area (Å²) in [6.45, 7) is 3.55. The number of anilines is 1. The fourth-order valence-corrected chi connectivity index (χ4v) is 2.51. The molecular weight excluding hydrogens is 318 g/mol. The molecule has 2 aromatic carbocycles. The van der Waals surface area contributed by atoms with E-state index in [1.807, 2.05) is 54.6 Å². The molecule has 0 aromatic heterocycles.